The average molecular weight is 477 g/mol. The van der Waals surface area contributed by atoms with Crippen molar-refractivity contribution in [3.8, 4) is 5.75 Å². The lowest BCUT2D eigenvalue weighted by molar-refractivity contribution is -0.201. The van der Waals surface area contributed by atoms with Crippen LogP contribution >= 0.6 is 0 Å². The fraction of sp³-hybridized carbons (Fsp3) is 0.304. The van der Waals surface area contributed by atoms with E-state index in [0.717, 1.165) is 11.1 Å². The van der Waals surface area contributed by atoms with Gasteiger partial charge in [0.15, 0.2) is 0 Å². The fourth-order valence-corrected chi connectivity index (χ4v) is 3.39. The van der Waals surface area contributed by atoms with Gasteiger partial charge in [-0.05, 0) is 36.1 Å². The van der Waals surface area contributed by atoms with E-state index in [-0.39, 0.29) is 19.0 Å². The maximum absolute atomic E-state index is 13.0. The van der Waals surface area contributed by atoms with E-state index in [0.29, 0.717) is 36.3 Å². The number of nitrogens with two attached hydrogens (primary N) is 1. The minimum absolute atomic E-state index is 0.0403. The van der Waals surface area contributed by atoms with Crippen LogP contribution in [0, 0.1) is 5.41 Å². The smallest absolute Gasteiger partial charge is 0.489 e. The Kier molecular flexibility index (Phi) is 7.54. The van der Waals surface area contributed by atoms with Crippen LogP contribution in [0.25, 0.3) is 0 Å². The van der Waals surface area contributed by atoms with Gasteiger partial charge in [0.1, 0.15) is 18.2 Å². The molecule has 34 heavy (non-hydrogen) atoms. The Morgan fingerprint density at radius 1 is 1.12 bits per heavy atom. The van der Waals surface area contributed by atoms with E-state index in [2.05, 4.69) is 4.74 Å². The summed E-state index contributed by atoms with van der Waals surface area (Å²) in [6.45, 7) is 0.330. The van der Waals surface area contributed by atoms with Gasteiger partial charge in [-0.15, -0.1) is 0 Å². The number of aryl methyl sites for hydroxylation is 1. The number of amides is 1. The first-order chi connectivity index (χ1) is 16.0. The van der Waals surface area contributed by atoms with Gasteiger partial charge in [-0.1, -0.05) is 30.3 Å². The topological polar surface area (TPSA) is 123 Å². The fourth-order valence-electron chi connectivity index (χ4n) is 3.39. The summed E-state index contributed by atoms with van der Waals surface area (Å²) < 4.78 is 46.2. The number of alkyl halides is 3. The Bertz CT molecular complexity index is 1100. The van der Waals surface area contributed by atoms with Crippen LogP contribution in [0.4, 0.5) is 13.2 Å². The molecular formula is C23H22F3N3O5. The number of hydrogen-bond acceptors (Lipinski definition) is 6. The number of amidine groups is 1. The van der Waals surface area contributed by atoms with Gasteiger partial charge in [0.25, 0.3) is 5.91 Å². The van der Waals surface area contributed by atoms with Crippen molar-refractivity contribution in [3.63, 3.8) is 0 Å². The number of hydrogen-bond donors (Lipinski definition) is 2. The highest BCUT2D eigenvalue weighted by molar-refractivity contribution is 5.97. The number of nitrogens with zero attached hydrogens (tertiary/aromatic N) is 1. The van der Waals surface area contributed by atoms with Gasteiger partial charge in [-0.25, -0.2) is 4.79 Å². The van der Waals surface area contributed by atoms with E-state index in [1.165, 1.54) is 4.90 Å². The van der Waals surface area contributed by atoms with Gasteiger partial charge in [0.05, 0.1) is 6.42 Å². The summed E-state index contributed by atoms with van der Waals surface area (Å²) in [6.07, 6.45) is -4.62. The second-order valence-corrected chi connectivity index (χ2v) is 7.62. The van der Waals surface area contributed by atoms with Crippen LogP contribution in [0.3, 0.4) is 0 Å². The number of halogens is 3. The zero-order chi connectivity index (χ0) is 24.9. The van der Waals surface area contributed by atoms with E-state index in [1.54, 1.807) is 42.5 Å². The highest BCUT2D eigenvalue weighted by Gasteiger charge is 2.42. The van der Waals surface area contributed by atoms with Crippen molar-refractivity contribution in [2.24, 2.45) is 5.73 Å². The summed E-state index contributed by atoms with van der Waals surface area (Å²) in [5.41, 5.74) is 8.03. The molecule has 1 aliphatic rings. The SMILES string of the molecule is N=C(N)c1ccc(COc2ccc3c(c2)C(=O)N(CCC(=O)OC(=O)C(F)(F)F)CCC3)cc1. The number of ether oxygens (including phenoxy) is 2. The first-order valence-corrected chi connectivity index (χ1v) is 10.3. The van der Waals surface area contributed by atoms with Crippen molar-refractivity contribution in [2.75, 3.05) is 13.1 Å². The zero-order valence-electron chi connectivity index (χ0n) is 18.0. The molecule has 11 heteroatoms. The Morgan fingerprint density at radius 3 is 2.47 bits per heavy atom. The molecule has 1 heterocycles. The van der Waals surface area contributed by atoms with Gasteiger partial charge in [-0.2, -0.15) is 13.2 Å². The van der Waals surface area contributed by atoms with E-state index < -0.39 is 30.4 Å². The van der Waals surface area contributed by atoms with Crippen molar-refractivity contribution in [1.29, 1.82) is 5.41 Å². The van der Waals surface area contributed by atoms with Crippen LogP contribution in [0.2, 0.25) is 0 Å². The predicted molar refractivity (Wildman–Crippen MR) is 114 cm³/mol. The molecule has 3 rings (SSSR count). The average Bonchev–Trinajstić information content (AvgIpc) is 2.94. The number of carbonyl (C=O) groups excluding carboxylic acids is 3. The minimum atomic E-state index is -5.26. The molecule has 0 aromatic heterocycles. The summed E-state index contributed by atoms with van der Waals surface area (Å²) in [5, 5.41) is 7.42. The molecule has 2 aromatic rings. The van der Waals surface area contributed by atoms with Crippen LogP contribution < -0.4 is 10.5 Å². The maximum Gasteiger partial charge on any atom is 0.491 e. The summed E-state index contributed by atoms with van der Waals surface area (Å²) in [5.74, 6) is -3.92. The Morgan fingerprint density at radius 2 is 1.82 bits per heavy atom. The molecule has 0 fully saturated rings. The number of benzene rings is 2. The number of nitrogens with one attached hydrogen (secondary N) is 1. The van der Waals surface area contributed by atoms with Gasteiger partial charge in [0.2, 0.25) is 0 Å². The van der Waals surface area contributed by atoms with E-state index in [4.69, 9.17) is 15.9 Å². The molecule has 0 atom stereocenters. The predicted octanol–water partition coefficient (Wildman–Crippen LogP) is 2.96. The highest BCUT2D eigenvalue weighted by Crippen LogP contribution is 2.25. The van der Waals surface area contributed by atoms with Crippen LogP contribution in [0.1, 0.15) is 39.9 Å². The molecule has 0 bridgehead atoms. The van der Waals surface area contributed by atoms with Crippen molar-refractivity contribution in [3.05, 3.63) is 64.7 Å². The van der Waals surface area contributed by atoms with Crippen LogP contribution in [0.15, 0.2) is 42.5 Å². The van der Waals surface area contributed by atoms with Crippen molar-refractivity contribution < 1.29 is 37.0 Å². The molecule has 0 radical (unpaired) electrons. The van der Waals surface area contributed by atoms with Crippen molar-refractivity contribution in [2.45, 2.75) is 32.0 Å². The molecule has 0 spiro atoms. The molecule has 180 valence electrons. The van der Waals surface area contributed by atoms with Gasteiger partial charge in [-0.3, -0.25) is 15.0 Å². The largest absolute Gasteiger partial charge is 0.491 e. The monoisotopic (exact) mass is 477 g/mol. The lowest BCUT2D eigenvalue weighted by atomic mass is 10.0. The van der Waals surface area contributed by atoms with Crippen molar-refractivity contribution in [1.82, 2.24) is 4.90 Å². The third kappa shape index (κ3) is 6.33. The Labute approximate surface area is 192 Å². The number of nitrogen functional groups attached to an aromatic ring is 1. The molecule has 0 unspecified atom stereocenters. The first kappa shape index (κ1) is 24.7. The standard InChI is InChI=1S/C23H22F3N3O5/c24-23(25,26)22(32)34-19(30)9-11-29-10-1-2-15-7-8-17(12-18(15)21(29)31)33-13-14-3-5-16(6-4-14)20(27)28/h3-8,12H,1-2,9-11,13H2,(H3,27,28). The molecule has 0 saturated carbocycles. The molecule has 2 aromatic carbocycles. The number of esters is 2. The van der Waals surface area contributed by atoms with Crippen molar-refractivity contribution >= 4 is 23.7 Å². The lowest BCUT2D eigenvalue weighted by Crippen LogP contribution is -2.34. The third-order valence-electron chi connectivity index (χ3n) is 5.17. The second-order valence-electron chi connectivity index (χ2n) is 7.62. The quantitative estimate of drug-likeness (QED) is 0.274. The van der Waals surface area contributed by atoms with Crippen LogP contribution in [0.5, 0.6) is 5.75 Å². The number of carbonyl (C=O) groups is 3. The second kappa shape index (κ2) is 10.4. The molecule has 0 saturated heterocycles. The zero-order valence-corrected chi connectivity index (χ0v) is 18.0. The molecule has 1 aliphatic heterocycles. The summed E-state index contributed by atoms with van der Waals surface area (Å²) in [7, 11) is 0. The molecule has 8 nitrogen and oxygen atoms in total. The molecule has 1 amide bonds. The Balaban J connectivity index is 1.63. The van der Waals surface area contributed by atoms with E-state index in [9.17, 15) is 27.6 Å². The summed E-state index contributed by atoms with van der Waals surface area (Å²) in [6, 6.07) is 12.1. The van der Waals surface area contributed by atoms with E-state index >= 15 is 0 Å². The first-order valence-electron chi connectivity index (χ1n) is 10.3. The number of fused-ring (bicyclic) bond motifs is 1. The summed E-state index contributed by atoms with van der Waals surface area (Å²) in [4.78, 5) is 36.7. The van der Waals surface area contributed by atoms with Crippen LogP contribution in [-0.4, -0.2) is 47.8 Å². The van der Waals surface area contributed by atoms with Gasteiger partial charge in [0, 0.05) is 24.2 Å². The molecular weight excluding hydrogens is 455 g/mol. The molecule has 3 N–H and O–H groups in total. The highest BCUT2D eigenvalue weighted by atomic mass is 19.4. The maximum atomic E-state index is 13.0. The van der Waals surface area contributed by atoms with E-state index in [1.807, 2.05) is 0 Å². The number of rotatable bonds is 7. The lowest BCUT2D eigenvalue weighted by Gasteiger charge is -2.20. The van der Waals surface area contributed by atoms with Gasteiger partial charge >= 0.3 is 18.1 Å². The Hall–Kier alpha value is -3.89. The normalized spacial score (nSPS) is 13.6. The summed E-state index contributed by atoms with van der Waals surface area (Å²) >= 11 is 0. The third-order valence-corrected chi connectivity index (χ3v) is 5.17. The van der Waals surface area contributed by atoms with Crippen LogP contribution in [-0.2, 0) is 27.4 Å². The van der Waals surface area contributed by atoms with Gasteiger partial charge < -0.3 is 20.1 Å². The molecule has 0 aliphatic carbocycles. The minimum Gasteiger partial charge on any atom is -0.489 e.